The Balaban J connectivity index is 2.86. The zero-order valence-electron chi connectivity index (χ0n) is 7.01. The van der Waals surface area contributed by atoms with Crippen LogP contribution >= 0.6 is 0 Å². The minimum absolute atomic E-state index is 0.215. The van der Waals surface area contributed by atoms with Gasteiger partial charge in [-0.2, -0.15) is 0 Å². The van der Waals surface area contributed by atoms with Crippen molar-refractivity contribution < 1.29 is 8.78 Å². The molecule has 0 aliphatic carbocycles. The first kappa shape index (κ1) is 8.10. The van der Waals surface area contributed by atoms with Crippen LogP contribution in [0.4, 0.5) is 8.78 Å². The summed E-state index contributed by atoms with van der Waals surface area (Å²) in [5.41, 5.74) is 1.10. The van der Waals surface area contributed by atoms with E-state index in [0.29, 0.717) is 5.39 Å². The number of rotatable bonds is 0. The minimum atomic E-state index is -0.616. The lowest BCUT2D eigenvalue weighted by Crippen LogP contribution is -1.87. The number of aromatic nitrogens is 1. The summed E-state index contributed by atoms with van der Waals surface area (Å²) in [5.74, 6) is -1.19. The quantitative estimate of drug-likeness (QED) is 0.606. The van der Waals surface area contributed by atoms with Gasteiger partial charge in [0, 0.05) is 17.6 Å². The molecule has 0 saturated heterocycles. The van der Waals surface area contributed by atoms with Crippen molar-refractivity contribution in [2.24, 2.45) is 0 Å². The number of hydrogen-bond acceptors (Lipinski definition) is 1. The van der Waals surface area contributed by atoms with Gasteiger partial charge in [-0.1, -0.05) is 0 Å². The fourth-order valence-electron chi connectivity index (χ4n) is 1.28. The van der Waals surface area contributed by atoms with Crippen molar-refractivity contribution in [3.63, 3.8) is 0 Å². The van der Waals surface area contributed by atoms with E-state index in [1.165, 1.54) is 6.07 Å². The number of halogens is 2. The molecule has 0 N–H and O–H groups in total. The second-order valence-corrected chi connectivity index (χ2v) is 2.97. The van der Waals surface area contributed by atoms with Gasteiger partial charge in [-0.15, -0.1) is 0 Å². The van der Waals surface area contributed by atoms with Crippen LogP contribution in [0.15, 0.2) is 24.4 Å². The van der Waals surface area contributed by atoms with Crippen LogP contribution in [0.3, 0.4) is 0 Å². The van der Waals surface area contributed by atoms with Crippen LogP contribution in [0.1, 0.15) is 5.56 Å². The number of aryl methyl sites for hydroxylation is 1. The number of nitrogens with zero attached hydrogens (tertiary/aromatic N) is 1. The fraction of sp³-hybridized carbons (Fsp3) is 0.100. The average Bonchev–Trinajstić information content (AvgIpc) is 2.02. The molecule has 0 bridgehead atoms. The Morgan fingerprint density at radius 1 is 1.15 bits per heavy atom. The van der Waals surface area contributed by atoms with Crippen LogP contribution in [0.25, 0.3) is 10.9 Å². The Bertz CT molecular complexity index is 460. The lowest BCUT2D eigenvalue weighted by Gasteiger charge is -1.99. The summed E-state index contributed by atoms with van der Waals surface area (Å²) in [5, 5.41) is 0.498. The first-order valence-corrected chi connectivity index (χ1v) is 3.88. The fourth-order valence-corrected chi connectivity index (χ4v) is 1.28. The normalized spacial score (nSPS) is 10.7. The highest BCUT2D eigenvalue weighted by Crippen LogP contribution is 2.17. The molecule has 0 saturated carbocycles. The zero-order valence-corrected chi connectivity index (χ0v) is 7.01. The highest BCUT2D eigenvalue weighted by Gasteiger charge is 2.04. The van der Waals surface area contributed by atoms with Crippen LogP contribution in [0.5, 0.6) is 0 Å². The van der Waals surface area contributed by atoms with Crippen molar-refractivity contribution in [2.75, 3.05) is 0 Å². The van der Waals surface area contributed by atoms with E-state index >= 15 is 0 Å². The molecule has 0 aliphatic heterocycles. The topological polar surface area (TPSA) is 12.9 Å². The Morgan fingerprint density at radius 2 is 1.92 bits per heavy atom. The maximum atomic E-state index is 13.1. The van der Waals surface area contributed by atoms with E-state index in [1.807, 2.05) is 6.92 Å². The van der Waals surface area contributed by atoms with E-state index in [1.54, 1.807) is 12.3 Å². The van der Waals surface area contributed by atoms with Crippen LogP contribution in [-0.2, 0) is 0 Å². The molecule has 2 aromatic rings. The second kappa shape index (κ2) is 2.76. The van der Waals surface area contributed by atoms with E-state index in [0.717, 1.165) is 11.6 Å². The molecule has 0 spiro atoms. The van der Waals surface area contributed by atoms with Crippen molar-refractivity contribution in [3.8, 4) is 0 Å². The molecule has 1 nitrogen and oxygen atoms in total. The largest absolute Gasteiger partial charge is 0.253 e. The Morgan fingerprint density at radius 3 is 2.69 bits per heavy atom. The van der Waals surface area contributed by atoms with E-state index in [9.17, 15) is 8.78 Å². The third-order valence-corrected chi connectivity index (χ3v) is 1.84. The van der Waals surface area contributed by atoms with Gasteiger partial charge in [0.05, 0.1) is 0 Å². The van der Waals surface area contributed by atoms with Gasteiger partial charge in [-0.25, -0.2) is 8.78 Å². The van der Waals surface area contributed by atoms with E-state index in [-0.39, 0.29) is 5.52 Å². The molecule has 1 heterocycles. The molecular formula is C10H7F2N. The van der Waals surface area contributed by atoms with Crippen molar-refractivity contribution in [1.29, 1.82) is 0 Å². The molecule has 1 aromatic carbocycles. The molecule has 0 atom stereocenters. The van der Waals surface area contributed by atoms with Crippen LogP contribution in [0, 0.1) is 18.6 Å². The molecule has 13 heavy (non-hydrogen) atoms. The third-order valence-electron chi connectivity index (χ3n) is 1.84. The summed E-state index contributed by atoms with van der Waals surface area (Å²) in [6.07, 6.45) is 1.56. The molecule has 0 aliphatic rings. The molecule has 0 fully saturated rings. The standard InChI is InChI=1S/C10H7F2N/c1-6-2-7-3-8(11)4-9(12)10(7)13-5-6/h2-5H,1H3. The van der Waals surface area contributed by atoms with E-state index in [2.05, 4.69) is 4.98 Å². The highest BCUT2D eigenvalue weighted by molar-refractivity contribution is 5.79. The van der Waals surface area contributed by atoms with Crippen molar-refractivity contribution in [1.82, 2.24) is 4.98 Å². The summed E-state index contributed by atoms with van der Waals surface area (Å²) in [6, 6.07) is 3.82. The Hall–Kier alpha value is -1.51. The first-order chi connectivity index (χ1) is 6.16. The predicted molar refractivity (Wildman–Crippen MR) is 46.4 cm³/mol. The van der Waals surface area contributed by atoms with Gasteiger partial charge in [0.15, 0.2) is 5.82 Å². The van der Waals surface area contributed by atoms with Crippen LogP contribution in [0.2, 0.25) is 0 Å². The number of pyridine rings is 1. The Kier molecular flexibility index (Phi) is 1.72. The van der Waals surface area contributed by atoms with E-state index < -0.39 is 11.6 Å². The van der Waals surface area contributed by atoms with Crippen LogP contribution < -0.4 is 0 Å². The highest BCUT2D eigenvalue weighted by atomic mass is 19.1. The number of benzene rings is 1. The van der Waals surface area contributed by atoms with Crippen molar-refractivity contribution in [2.45, 2.75) is 6.92 Å². The summed E-state index contributed by atoms with van der Waals surface area (Å²) in [7, 11) is 0. The van der Waals surface area contributed by atoms with Gasteiger partial charge in [-0.3, -0.25) is 4.98 Å². The third kappa shape index (κ3) is 1.37. The van der Waals surface area contributed by atoms with Crippen LogP contribution in [-0.4, -0.2) is 4.98 Å². The van der Waals surface area contributed by atoms with Gasteiger partial charge < -0.3 is 0 Å². The molecule has 1 aromatic heterocycles. The SMILES string of the molecule is Cc1cnc2c(F)cc(F)cc2c1. The Labute approximate surface area is 74.0 Å². The van der Waals surface area contributed by atoms with Crippen molar-refractivity contribution >= 4 is 10.9 Å². The minimum Gasteiger partial charge on any atom is -0.253 e. The summed E-state index contributed by atoms with van der Waals surface area (Å²) in [4.78, 5) is 3.88. The summed E-state index contributed by atoms with van der Waals surface area (Å²) in [6.45, 7) is 1.83. The molecule has 2 rings (SSSR count). The van der Waals surface area contributed by atoms with Gasteiger partial charge in [0.25, 0.3) is 0 Å². The lowest BCUT2D eigenvalue weighted by atomic mass is 10.1. The van der Waals surface area contributed by atoms with Gasteiger partial charge in [0.2, 0.25) is 0 Å². The number of fused-ring (bicyclic) bond motifs is 1. The zero-order chi connectivity index (χ0) is 9.42. The molecule has 0 radical (unpaired) electrons. The first-order valence-electron chi connectivity index (χ1n) is 3.88. The molecule has 66 valence electrons. The lowest BCUT2D eigenvalue weighted by molar-refractivity contribution is 0.590. The monoisotopic (exact) mass is 179 g/mol. The smallest absolute Gasteiger partial charge is 0.152 e. The predicted octanol–water partition coefficient (Wildman–Crippen LogP) is 2.82. The van der Waals surface area contributed by atoms with Gasteiger partial charge in [0.1, 0.15) is 11.3 Å². The molecule has 3 heteroatoms. The molecule has 0 amide bonds. The average molecular weight is 179 g/mol. The summed E-state index contributed by atoms with van der Waals surface area (Å²) >= 11 is 0. The van der Waals surface area contributed by atoms with Gasteiger partial charge in [-0.05, 0) is 24.6 Å². The maximum absolute atomic E-state index is 13.1. The molecule has 0 unspecified atom stereocenters. The number of hydrogen-bond donors (Lipinski definition) is 0. The summed E-state index contributed by atoms with van der Waals surface area (Å²) < 4.78 is 25.8. The van der Waals surface area contributed by atoms with Gasteiger partial charge >= 0.3 is 0 Å². The van der Waals surface area contributed by atoms with Crippen molar-refractivity contribution in [3.05, 3.63) is 41.6 Å². The second-order valence-electron chi connectivity index (χ2n) is 2.97. The van der Waals surface area contributed by atoms with E-state index in [4.69, 9.17) is 0 Å². The molecular weight excluding hydrogens is 172 g/mol. The maximum Gasteiger partial charge on any atom is 0.152 e.